The SMILES string of the molecule is CCCc1cc(Cl)ccc1C1COc2ccc3cc2N(C1)CC1CCC1C1(/C=C/CC(C)C(C)C(=O)NS3)CN(Cc2cccc(F)c2)CCO1. The maximum atomic E-state index is 14.2. The van der Waals surface area contributed by atoms with Gasteiger partial charge in [0.2, 0.25) is 5.91 Å². The van der Waals surface area contributed by atoms with E-state index in [1.807, 2.05) is 19.1 Å². The van der Waals surface area contributed by atoms with Gasteiger partial charge in [0.05, 0.1) is 18.9 Å². The molecule has 51 heavy (non-hydrogen) atoms. The van der Waals surface area contributed by atoms with Gasteiger partial charge in [-0.2, -0.15) is 0 Å². The summed E-state index contributed by atoms with van der Waals surface area (Å²) in [5.41, 5.74) is 4.18. The highest BCUT2D eigenvalue weighted by Gasteiger charge is 2.50. The van der Waals surface area contributed by atoms with E-state index < -0.39 is 5.60 Å². The number of nitrogens with zero attached hydrogens (tertiary/aromatic N) is 2. The molecule has 4 aliphatic rings. The van der Waals surface area contributed by atoms with E-state index >= 15 is 0 Å². The lowest BCUT2D eigenvalue weighted by Gasteiger charge is -2.53. The number of ether oxygens (including phenoxy) is 2. The molecule has 1 aliphatic carbocycles. The van der Waals surface area contributed by atoms with Gasteiger partial charge >= 0.3 is 0 Å². The van der Waals surface area contributed by atoms with Crippen LogP contribution in [0.15, 0.2) is 77.7 Å². The number of hydrogen-bond acceptors (Lipinski definition) is 6. The Labute approximate surface area is 312 Å². The highest BCUT2D eigenvalue weighted by molar-refractivity contribution is 7.98. The number of carbonyl (C=O) groups excluding carboxylic acids is 1. The van der Waals surface area contributed by atoms with Gasteiger partial charge in [-0.15, -0.1) is 0 Å². The zero-order chi connectivity index (χ0) is 35.5. The quantitative estimate of drug-likeness (QED) is 0.209. The molecule has 1 saturated heterocycles. The van der Waals surface area contributed by atoms with Crippen molar-refractivity contribution in [3.8, 4) is 5.75 Å². The van der Waals surface area contributed by atoms with Crippen molar-refractivity contribution in [2.24, 2.45) is 23.7 Å². The van der Waals surface area contributed by atoms with E-state index in [9.17, 15) is 9.18 Å². The third-order valence-corrected chi connectivity index (χ3v) is 12.7. The number of nitrogens with one attached hydrogen (secondary N) is 1. The van der Waals surface area contributed by atoms with Gasteiger partial charge in [-0.05, 0) is 115 Å². The molecule has 3 heterocycles. The molecule has 7 rings (SSSR count). The van der Waals surface area contributed by atoms with Crippen LogP contribution in [0, 0.1) is 29.5 Å². The van der Waals surface area contributed by atoms with Crippen molar-refractivity contribution in [1.29, 1.82) is 0 Å². The molecule has 1 spiro atoms. The molecule has 0 radical (unpaired) electrons. The minimum atomic E-state index is -0.469. The lowest BCUT2D eigenvalue weighted by atomic mass is 9.63. The Morgan fingerprint density at radius 1 is 1.08 bits per heavy atom. The van der Waals surface area contributed by atoms with Gasteiger partial charge in [-0.3, -0.25) is 14.4 Å². The van der Waals surface area contributed by atoms with Gasteiger partial charge in [-0.1, -0.05) is 69.1 Å². The van der Waals surface area contributed by atoms with Crippen LogP contribution < -0.4 is 14.4 Å². The number of anilines is 1. The number of benzene rings is 3. The Bertz CT molecular complexity index is 1740. The lowest BCUT2D eigenvalue weighted by molar-refractivity contribution is -0.145. The number of halogens is 2. The molecular formula is C42H51ClFN3O3S. The zero-order valence-corrected chi connectivity index (χ0v) is 31.7. The van der Waals surface area contributed by atoms with Crippen molar-refractivity contribution >= 4 is 35.1 Å². The van der Waals surface area contributed by atoms with E-state index in [-0.39, 0.29) is 29.5 Å². The second-order valence-corrected chi connectivity index (χ2v) is 16.5. The molecular weight excluding hydrogens is 681 g/mol. The minimum absolute atomic E-state index is 0.0336. The van der Waals surface area contributed by atoms with Gasteiger partial charge in [0.25, 0.3) is 0 Å². The van der Waals surface area contributed by atoms with Gasteiger partial charge in [0, 0.05) is 54.5 Å². The Kier molecular flexibility index (Phi) is 11.3. The van der Waals surface area contributed by atoms with Crippen LogP contribution in [-0.2, 0) is 22.5 Å². The predicted octanol–water partition coefficient (Wildman–Crippen LogP) is 9.07. The Morgan fingerprint density at radius 2 is 1.96 bits per heavy atom. The Balaban J connectivity index is 1.24. The highest BCUT2D eigenvalue weighted by Crippen LogP contribution is 2.48. The van der Waals surface area contributed by atoms with Crippen LogP contribution in [0.3, 0.4) is 0 Å². The van der Waals surface area contributed by atoms with Crippen molar-refractivity contribution in [3.05, 3.63) is 100 Å². The molecule has 6 nitrogen and oxygen atoms in total. The number of carbonyl (C=O) groups is 1. The maximum Gasteiger partial charge on any atom is 0.233 e. The van der Waals surface area contributed by atoms with Crippen molar-refractivity contribution in [2.75, 3.05) is 44.3 Å². The highest BCUT2D eigenvalue weighted by atomic mass is 35.5. The summed E-state index contributed by atoms with van der Waals surface area (Å²) >= 11 is 7.89. The normalized spacial score (nSPS) is 29.3. The van der Waals surface area contributed by atoms with Gasteiger partial charge in [0.15, 0.2) is 0 Å². The van der Waals surface area contributed by atoms with E-state index in [0.717, 1.165) is 85.2 Å². The van der Waals surface area contributed by atoms with Gasteiger partial charge in [0.1, 0.15) is 17.2 Å². The number of hydrogen-bond donors (Lipinski definition) is 1. The summed E-state index contributed by atoms with van der Waals surface area (Å²) in [6.07, 6.45) is 9.62. The molecule has 3 aliphatic heterocycles. The summed E-state index contributed by atoms with van der Waals surface area (Å²) in [5, 5.41) is 0.770. The van der Waals surface area contributed by atoms with Crippen LogP contribution in [0.5, 0.6) is 5.75 Å². The summed E-state index contributed by atoms with van der Waals surface area (Å²) < 4.78 is 30.8. The molecule has 0 aromatic heterocycles. The van der Waals surface area contributed by atoms with Crippen LogP contribution in [0.1, 0.15) is 69.1 Å². The number of aryl methyl sites for hydroxylation is 1. The summed E-state index contributed by atoms with van der Waals surface area (Å²) in [5.74, 6) is 1.62. The van der Waals surface area contributed by atoms with Crippen LogP contribution in [-0.4, -0.2) is 55.8 Å². The van der Waals surface area contributed by atoms with Crippen LogP contribution in [0.2, 0.25) is 5.02 Å². The van der Waals surface area contributed by atoms with Crippen molar-refractivity contribution < 1.29 is 18.7 Å². The predicted molar refractivity (Wildman–Crippen MR) is 205 cm³/mol. The fourth-order valence-corrected chi connectivity index (χ4v) is 9.44. The average Bonchev–Trinajstić information content (AvgIpc) is 3.27. The molecule has 2 fully saturated rings. The fraction of sp³-hybridized carbons (Fsp3) is 0.500. The topological polar surface area (TPSA) is 54.0 Å². The number of amides is 1. The first-order valence-electron chi connectivity index (χ1n) is 18.8. The number of morpholine rings is 1. The first kappa shape index (κ1) is 36.3. The lowest BCUT2D eigenvalue weighted by Crippen LogP contribution is -2.59. The second kappa shape index (κ2) is 15.9. The van der Waals surface area contributed by atoms with E-state index in [1.165, 1.54) is 29.1 Å². The number of rotatable bonds is 5. The van der Waals surface area contributed by atoms with E-state index in [4.69, 9.17) is 21.1 Å². The number of allylic oxidation sites excluding steroid dienone is 1. The Morgan fingerprint density at radius 3 is 2.76 bits per heavy atom. The van der Waals surface area contributed by atoms with Crippen molar-refractivity contribution in [3.63, 3.8) is 0 Å². The van der Waals surface area contributed by atoms with E-state index in [1.54, 1.807) is 12.1 Å². The first-order chi connectivity index (χ1) is 24.7. The standard InChI is InChI=1S/C42H51ClFN3O3S/c1-4-7-31-21-34(43)12-14-37(31)33-25-47-24-32-11-15-38(32)42(27-46(18-19-50-42)23-30-9-5-10-35(44)20-30)17-6-8-28(2)29(3)41(48)45-51-36-13-16-40(49-26-33)39(47)22-36/h5-6,9-10,12-14,16-17,20-22,28-29,32-33,38H,4,7-8,11,15,18-19,23-27H2,1-3H3,(H,45,48)/b17-6+. The smallest absolute Gasteiger partial charge is 0.233 e. The monoisotopic (exact) mass is 731 g/mol. The molecule has 1 amide bonds. The minimum Gasteiger partial charge on any atom is -0.491 e. The molecule has 6 atom stereocenters. The van der Waals surface area contributed by atoms with E-state index in [2.05, 4.69) is 70.9 Å². The van der Waals surface area contributed by atoms with Crippen molar-refractivity contribution in [1.82, 2.24) is 9.62 Å². The van der Waals surface area contributed by atoms with Crippen LogP contribution in [0.25, 0.3) is 0 Å². The molecule has 9 heteroatoms. The molecule has 6 unspecified atom stereocenters. The molecule has 2 bridgehead atoms. The third-order valence-electron chi connectivity index (χ3n) is 11.7. The molecule has 1 N–H and O–H groups in total. The van der Waals surface area contributed by atoms with Crippen molar-refractivity contribution in [2.45, 2.75) is 75.8 Å². The molecule has 1 saturated carbocycles. The van der Waals surface area contributed by atoms with Gasteiger partial charge in [-0.25, -0.2) is 4.39 Å². The average molecular weight is 732 g/mol. The molecule has 3 aromatic rings. The second-order valence-electron chi connectivity index (χ2n) is 15.2. The number of fused-ring (bicyclic) bond motifs is 3. The molecule has 3 aromatic carbocycles. The summed E-state index contributed by atoms with van der Waals surface area (Å²) in [6.45, 7) is 11.5. The largest absolute Gasteiger partial charge is 0.491 e. The maximum absolute atomic E-state index is 14.2. The zero-order valence-electron chi connectivity index (χ0n) is 30.1. The van der Waals surface area contributed by atoms with Crippen LogP contribution in [0.4, 0.5) is 10.1 Å². The fourth-order valence-electron chi connectivity index (χ4n) is 8.53. The summed E-state index contributed by atoms with van der Waals surface area (Å²) in [6, 6.07) is 19.6. The first-order valence-corrected chi connectivity index (χ1v) is 20.0. The van der Waals surface area contributed by atoms with E-state index in [0.29, 0.717) is 31.6 Å². The third kappa shape index (κ3) is 8.14. The summed E-state index contributed by atoms with van der Waals surface area (Å²) in [4.78, 5) is 19.3. The Hall–Kier alpha value is -3.04. The van der Waals surface area contributed by atoms with Gasteiger partial charge < -0.3 is 14.4 Å². The molecule has 272 valence electrons. The van der Waals surface area contributed by atoms with Crippen LogP contribution >= 0.6 is 23.5 Å². The summed E-state index contributed by atoms with van der Waals surface area (Å²) in [7, 11) is 0.